The summed E-state index contributed by atoms with van der Waals surface area (Å²) in [5, 5.41) is 11.1. The molecule has 0 spiro atoms. The molecule has 0 bridgehead atoms. The number of halogens is 3. The summed E-state index contributed by atoms with van der Waals surface area (Å²) in [5.74, 6) is -0.856. The van der Waals surface area contributed by atoms with Gasteiger partial charge >= 0.3 is 11.5 Å². The third kappa shape index (κ3) is 13.6. The monoisotopic (exact) mass is 245 g/mol. The summed E-state index contributed by atoms with van der Waals surface area (Å²) >= 11 is -0.0544. The van der Waals surface area contributed by atoms with Crippen molar-refractivity contribution in [3.63, 3.8) is 0 Å². The van der Waals surface area contributed by atoms with E-state index in [4.69, 9.17) is 5.11 Å². The van der Waals surface area contributed by atoms with Gasteiger partial charge < -0.3 is 10.4 Å². The first-order valence-corrected chi connectivity index (χ1v) is 5.53. The molecule has 0 aliphatic carbocycles. The SMILES string of the molecule is O=C(O)CCCCNCCSC(F)(F)F. The lowest BCUT2D eigenvalue weighted by Gasteiger charge is -2.06. The number of unbranched alkanes of at least 4 members (excludes halogenated alkanes) is 1. The molecule has 90 valence electrons. The fourth-order valence-corrected chi connectivity index (χ4v) is 1.37. The Balaban J connectivity index is 3.09. The summed E-state index contributed by atoms with van der Waals surface area (Å²) in [4.78, 5) is 10.1. The molecule has 0 aliphatic rings. The summed E-state index contributed by atoms with van der Waals surface area (Å²) in [6.07, 6.45) is 1.33. The van der Waals surface area contributed by atoms with Crippen LogP contribution in [0.5, 0.6) is 0 Å². The van der Waals surface area contributed by atoms with E-state index in [1.807, 2.05) is 0 Å². The molecule has 0 unspecified atom stereocenters. The van der Waals surface area contributed by atoms with Gasteiger partial charge in [-0.2, -0.15) is 13.2 Å². The summed E-state index contributed by atoms with van der Waals surface area (Å²) in [6.45, 7) is 0.850. The highest BCUT2D eigenvalue weighted by Crippen LogP contribution is 2.29. The Morgan fingerprint density at radius 2 is 1.93 bits per heavy atom. The van der Waals surface area contributed by atoms with E-state index in [1.54, 1.807) is 0 Å². The molecule has 0 rings (SSSR count). The van der Waals surface area contributed by atoms with Crippen molar-refractivity contribution >= 4 is 17.7 Å². The molecule has 0 atom stereocenters. The van der Waals surface area contributed by atoms with E-state index in [1.165, 1.54) is 0 Å². The number of thioether (sulfide) groups is 1. The highest BCUT2D eigenvalue weighted by atomic mass is 32.2. The van der Waals surface area contributed by atoms with Crippen molar-refractivity contribution in [2.75, 3.05) is 18.8 Å². The Bertz CT molecular complexity index is 187. The number of carboxylic acids is 1. The highest BCUT2D eigenvalue weighted by molar-refractivity contribution is 8.00. The number of nitrogens with one attached hydrogen (secondary N) is 1. The van der Waals surface area contributed by atoms with Gasteiger partial charge in [0.05, 0.1) is 0 Å². The number of carbonyl (C=O) groups is 1. The van der Waals surface area contributed by atoms with Crippen molar-refractivity contribution in [1.82, 2.24) is 5.32 Å². The molecule has 0 fully saturated rings. The van der Waals surface area contributed by atoms with Crippen LogP contribution in [0.4, 0.5) is 13.2 Å². The zero-order valence-electron chi connectivity index (χ0n) is 8.14. The zero-order valence-corrected chi connectivity index (χ0v) is 8.96. The van der Waals surface area contributed by atoms with Gasteiger partial charge in [-0.15, -0.1) is 0 Å². The normalized spacial score (nSPS) is 11.7. The highest BCUT2D eigenvalue weighted by Gasteiger charge is 2.27. The van der Waals surface area contributed by atoms with Crippen LogP contribution in [-0.2, 0) is 4.79 Å². The first kappa shape index (κ1) is 14.6. The second-order valence-corrected chi connectivity index (χ2v) is 4.05. The van der Waals surface area contributed by atoms with Crippen LogP contribution in [0.15, 0.2) is 0 Å². The Labute approximate surface area is 90.4 Å². The minimum atomic E-state index is -4.16. The average molecular weight is 245 g/mol. The maximum absolute atomic E-state index is 11.6. The average Bonchev–Trinajstić information content (AvgIpc) is 2.07. The molecule has 0 amide bonds. The predicted octanol–water partition coefficient (Wildman–Crippen LogP) is 2.08. The van der Waals surface area contributed by atoms with E-state index >= 15 is 0 Å². The van der Waals surface area contributed by atoms with Crippen molar-refractivity contribution < 1.29 is 23.1 Å². The second-order valence-electron chi connectivity index (χ2n) is 2.90. The molecule has 3 nitrogen and oxygen atoms in total. The molecular formula is C8H14F3NO2S. The third-order valence-electron chi connectivity index (χ3n) is 1.54. The lowest BCUT2D eigenvalue weighted by atomic mass is 10.2. The number of hydrogen-bond donors (Lipinski definition) is 2. The predicted molar refractivity (Wildman–Crippen MR) is 52.9 cm³/mol. The number of hydrogen-bond acceptors (Lipinski definition) is 3. The Morgan fingerprint density at radius 3 is 2.47 bits per heavy atom. The van der Waals surface area contributed by atoms with E-state index in [2.05, 4.69) is 5.32 Å². The van der Waals surface area contributed by atoms with Gasteiger partial charge in [-0.05, 0) is 31.1 Å². The molecule has 7 heteroatoms. The van der Waals surface area contributed by atoms with Crippen LogP contribution in [0, 0.1) is 0 Å². The van der Waals surface area contributed by atoms with Gasteiger partial charge in [-0.1, -0.05) is 0 Å². The van der Waals surface area contributed by atoms with Gasteiger partial charge in [0.25, 0.3) is 0 Å². The van der Waals surface area contributed by atoms with Gasteiger partial charge in [0.1, 0.15) is 0 Å². The summed E-state index contributed by atoms with van der Waals surface area (Å²) < 4.78 is 34.9. The van der Waals surface area contributed by atoms with Crippen LogP contribution in [0.25, 0.3) is 0 Å². The minimum absolute atomic E-state index is 0.0115. The summed E-state index contributed by atoms with van der Waals surface area (Å²) in [5.41, 5.74) is -4.16. The van der Waals surface area contributed by atoms with E-state index in [0.29, 0.717) is 19.4 Å². The topological polar surface area (TPSA) is 49.3 Å². The van der Waals surface area contributed by atoms with E-state index in [-0.39, 0.29) is 30.5 Å². The van der Waals surface area contributed by atoms with Gasteiger partial charge in [0.2, 0.25) is 0 Å². The van der Waals surface area contributed by atoms with E-state index < -0.39 is 11.5 Å². The first-order chi connectivity index (χ1) is 6.92. The molecule has 0 aromatic carbocycles. The van der Waals surface area contributed by atoms with Crippen LogP contribution in [0.2, 0.25) is 0 Å². The van der Waals surface area contributed by atoms with Crippen LogP contribution in [-0.4, -0.2) is 35.4 Å². The molecular weight excluding hydrogens is 231 g/mol. The zero-order chi connectivity index (χ0) is 11.7. The fourth-order valence-electron chi connectivity index (χ4n) is 0.890. The lowest BCUT2D eigenvalue weighted by molar-refractivity contribution is -0.137. The molecule has 0 heterocycles. The minimum Gasteiger partial charge on any atom is -0.481 e. The van der Waals surface area contributed by atoms with Crippen LogP contribution in [0.1, 0.15) is 19.3 Å². The molecule has 0 aromatic heterocycles. The molecule has 0 saturated heterocycles. The molecule has 0 aromatic rings. The quantitative estimate of drug-likeness (QED) is 0.643. The number of alkyl halides is 3. The summed E-state index contributed by atoms with van der Waals surface area (Å²) in [6, 6.07) is 0. The molecule has 2 N–H and O–H groups in total. The standard InChI is InChI=1S/C8H14F3NO2S/c9-8(10,11)15-6-5-12-4-2-1-3-7(13)14/h12H,1-6H2,(H,13,14). The molecule has 15 heavy (non-hydrogen) atoms. The third-order valence-corrected chi connectivity index (χ3v) is 2.27. The molecule has 0 saturated carbocycles. The second kappa shape index (κ2) is 7.81. The van der Waals surface area contributed by atoms with Crippen molar-refractivity contribution in [1.29, 1.82) is 0 Å². The maximum Gasteiger partial charge on any atom is 0.441 e. The van der Waals surface area contributed by atoms with E-state index in [0.717, 1.165) is 0 Å². The smallest absolute Gasteiger partial charge is 0.441 e. The first-order valence-electron chi connectivity index (χ1n) is 4.55. The van der Waals surface area contributed by atoms with E-state index in [9.17, 15) is 18.0 Å². The van der Waals surface area contributed by atoms with Crippen molar-refractivity contribution in [2.45, 2.75) is 24.8 Å². The van der Waals surface area contributed by atoms with Crippen molar-refractivity contribution in [3.05, 3.63) is 0 Å². The number of rotatable bonds is 8. The Morgan fingerprint density at radius 1 is 1.27 bits per heavy atom. The van der Waals surface area contributed by atoms with Crippen molar-refractivity contribution in [3.8, 4) is 0 Å². The number of carboxylic acid groups (broad SMARTS) is 1. The maximum atomic E-state index is 11.6. The number of aliphatic carboxylic acids is 1. The Kier molecular flexibility index (Phi) is 7.59. The van der Waals surface area contributed by atoms with Gasteiger partial charge in [-0.25, -0.2) is 0 Å². The lowest BCUT2D eigenvalue weighted by Crippen LogP contribution is -2.20. The van der Waals surface area contributed by atoms with Crippen LogP contribution in [0.3, 0.4) is 0 Å². The largest absolute Gasteiger partial charge is 0.481 e. The van der Waals surface area contributed by atoms with Gasteiger partial charge in [-0.3, -0.25) is 4.79 Å². The fraction of sp³-hybridized carbons (Fsp3) is 0.875. The van der Waals surface area contributed by atoms with Gasteiger partial charge in [0, 0.05) is 18.7 Å². The van der Waals surface area contributed by atoms with Gasteiger partial charge in [0.15, 0.2) is 0 Å². The molecule has 0 radical (unpaired) electrons. The Hall–Kier alpha value is -0.430. The summed E-state index contributed by atoms with van der Waals surface area (Å²) in [7, 11) is 0. The molecule has 0 aliphatic heterocycles. The van der Waals surface area contributed by atoms with Crippen molar-refractivity contribution in [2.24, 2.45) is 0 Å². The van der Waals surface area contributed by atoms with Crippen LogP contribution < -0.4 is 5.32 Å². The van der Waals surface area contributed by atoms with Crippen LogP contribution >= 0.6 is 11.8 Å².